The van der Waals surface area contributed by atoms with Gasteiger partial charge in [0, 0.05) is 29.8 Å². The summed E-state index contributed by atoms with van der Waals surface area (Å²) in [5, 5.41) is 14.4. The lowest BCUT2D eigenvalue weighted by Gasteiger charge is -2.12. The molecule has 1 aliphatic carbocycles. The predicted octanol–water partition coefficient (Wildman–Crippen LogP) is 1.54. The molecule has 1 aliphatic rings. The van der Waals surface area contributed by atoms with Crippen LogP contribution in [0.25, 0.3) is 0 Å². The third-order valence-corrected chi connectivity index (χ3v) is 3.30. The molecule has 1 unspecified atom stereocenters. The summed E-state index contributed by atoms with van der Waals surface area (Å²) in [4.78, 5) is 23.5. The highest BCUT2D eigenvalue weighted by molar-refractivity contribution is 5.96. The fraction of sp³-hybridized carbons (Fsp3) is 0.467. The largest absolute Gasteiger partial charge is 0.396 e. The summed E-state index contributed by atoms with van der Waals surface area (Å²) in [5.41, 5.74) is 1.25. The third-order valence-electron chi connectivity index (χ3n) is 3.30. The molecule has 2 amide bonds. The lowest BCUT2D eigenvalue weighted by atomic mass is 10.1. The van der Waals surface area contributed by atoms with E-state index in [9.17, 15) is 9.59 Å². The molecule has 0 radical (unpaired) electrons. The summed E-state index contributed by atoms with van der Waals surface area (Å²) in [6.07, 6.45) is 2.46. The second-order valence-electron chi connectivity index (χ2n) is 5.23. The van der Waals surface area contributed by atoms with Crippen molar-refractivity contribution in [1.29, 1.82) is 0 Å². The van der Waals surface area contributed by atoms with Gasteiger partial charge in [-0.3, -0.25) is 9.59 Å². The van der Waals surface area contributed by atoms with Gasteiger partial charge in [-0.2, -0.15) is 0 Å². The van der Waals surface area contributed by atoms with Crippen molar-refractivity contribution < 1.29 is 14.7 Å². The maximum atomic E-state index is 11.9. The normalized spacial score (nSPS) is 15.5. The van der Waals surface area contributed by atoms with Gasteiger partial charge in [0.25, 0.3) is 5.91 Å². The molecule has 5 heteroatoms. The van der Waals surface area contributed by atoms with E-state index in [4.69, 9.17) is 5.11 Å². The number of hydrogen-bond acceptors (Lipinski definition) is 3. The number of anilines is 1. The average molecular weight is 276 g/mol. The van der Waals surface area contributed by atoms with Crippen molar-refractivity contribution >= 4 is 17.5 Å². The van der Waals surface area contributed by atoms with Gasteiger partial charge < -0.3 is 15.7 Å². The maximum absolute atomic E-state index is 11.9. The zero-order valence-electron chi connectivity index (χ0n) is 11.6. The molecule has 0 spiro atoms. The average Bonchev–Trinajstić information content (AvgIpc) is 3.24. The molecule has 1 atom stereocenters. The monoisotopic (exact) mass is 276 g/mol. The molecule has 108 valence electrons. The molecular weight excluding hydrogens is 256 g/mol. The minimum atomic E-state index is -0.175. The van der Waals surface area contributed by atoms with Crippen LogP contribution in [0.5, 0.6) is 0 Å². The van der Waals surface area contributed by atoms with Gasteiger partial charge in [-0.1, -0.05) is 0 Å². The van der Waals surface area contributed by atoms with E-state index >= 15 is 0 Å². The molecule has 0 saturated heterocycles. The first-order valence-corrected chi connectivity index (χ1v) is 6.93. The number of aliphatic hydroxyl groups excluding tert-OH is 1. The highest BCUT2D eigenvalue weighted by atomic mass is 16.3. The van der Waals surface area contributed by atoms with E-state index in [0.717, 1.165) is 12.8 Å². The molecule has 1 saturated carbocycles. The molecule has 3 N–H and O–H groups in total. The number of carbonyl (C=O) groups is 2. The number of aliphatic hydroxyl groups is 1. The second kappa shape index (κ2) is 6.52. The van der Waals surface area contributed by atoms with Crippen LogP contribution in [0.4, 0.5) is 5.69 Å². The van der Waals surface area contributed by atoms with Crippen molar-refractivity contribution in [3.8, 4) is 0 Å². The Balaban J connectivity index is 1.89. The molecular formula is C15H20N2O3. The van der Waals surface area contributed by atoms with E-state index in [1.807, 2.05) is 6.92 Å². The minimum absolute atomic E-state index is 0.0492. The molecule has 2 rings (SSSR count). The first kappa shape index (κ1) is 14.5. The number of carbonyl (C=O) groups excluding carboxylic acids is 2. The zero-order chi connectivity index (χ0) is 14.5. The zero-order valence-corrected chi connectivity index (χ0v) is 11.6. The van der Waals surface area contributed by atoms with Crippen molar-refractivity contribution in [3.63, 3.8) is 0 Å². The molecule has 1 aromatic rings. The maximum Gasteiger partial charge on any atom is 0.251 e. The SMILES string of the molecule is CC(CCO)NC(=O)c1ccc(NC(=O)C2CC2)cc1. The van der Waals surface area contributed by atoms with Crippen LogP contribution in [0.1, 0.15) is 36.5 Å². The third kappa shape index (κ3) is 4.06. The quantitative estimate of drug-likeness (QED) is 0.737. The fourth-order valence-electron chi connectivity index (χ4n) is 1.87. The summed E-state index contributed by atoms with van der Waals surface area (Å²) in [6.45, 7) is 1.89. The molecule has 0 bridgehead atoms. The van der Waals surface area contributed by atoms with Gasteiger partial charge in [-0.25, -0.2) is 0 Å². The smallest absolute Gasteiger partial charge is 0.251 e. The van der Waals surface area contributed by atoms with Crippen LogP contribution >= 0.6 is 0 Å². The van der Waals surface area contributed by atoms with Crippen molar-refractivity contribution in [2.45, 2.75) is 32.2 Å². The van der Waals surface area contributed by atoms with Gasteiger partial charge in [-0.15, -0.1) is 0 Å². The van der Waals surface area contributed by atoms with Crippen molar-refractivity contribution in [3.05, 3.63) is 29.8 Å². The number of hydrogen-bond donors (Lipinski definition) is 3. The molecule has 0 heterocycles. The summed E-state index contributed by atoms with van der Waals surface area (Å²) >= 11 is 0. The van der Waals surface area contributed by atoms with Crippen molar-refractivity contribution in [2.24, 2.45) is 5.92 Å². The van der Waals surface area contributed by atoms with Crippen LogP contribution < -0.4 is 10.6 Å². The Hall–Kier alpha value is -1.88. The van der Waals surface area contributed by atoms with Crippen LogP contribution in [-0.4, -0.2) is 29.6 Å². The molecule has 0 aromatic heterocycles. The topological polar surface area (TPSA) is 78.4 Å². The number of amides is 2. The van der Waals surface area contributed by atoms with Gasteiger partial charge in [0.05, 0.1) is 0 Å². The van der Waals surface area contributed by atoms with E-state index in [-0.39, 0.29) is 30.4 Å². The molecule has 1 fully saturated rings. The van der Waals surface area contributed by atoms with Gasteiger partial charge in [0.15, 0.2) is 0 Å². The number of benzene rings is 1. The van der Waals surface area contributed by atoms with Gasteiger partial charge >= 0.3 is 0 Å². The van der Waals surface area contributed by atoms with E-state index < -0.39 is 0 Å². The van der Waals surface area contributed by atoms with Crippen LogP contribution in [0.15, 0.2) is 24.3 Å². The Morgan fingerprint density at radius 3 is 2.50 bits per heavy atom. The molecule has 1 aromatic carbocycles. The Kier molecular flexibility index (Phi) is 4.74. The summed E-state index contributed by atoms with van der Waals surface area (Å²) in [5.74, 6) is 0.0436. The number of rotatable bonds is 6. The highest BCUT2D eigenvalue weighted by Crippen LogP contribution is 2.30. The molecule has 5 nitrogen and oxygen atoms in total. The van der Waals surface area contributed by atoms with Crippen LogP contribution in [0.2, 0.25) is 0 Å². The standard InChI is InChI=1S/C15H20N2O3/c1-10(8-9-18)16-14(19)12-4-6-13(7-5-12)17-15(20)11-2-3-11/h4-7,10-11,18H,2-3,8-9H2,1H3,(H,16,19)(H,17,20). The summed E-state index contributed by atoms with van der Waals surface area (Å²) < 4.78 is 0. The van der Waals surface area contributed by atoms with Gasteiger partial charge in [0.2, 0.25) is 5.91 Å². The minimum Gasteiger partial charge on any atom is -0.396 e. The Labute approximate surface area is 118 Å². The lowest BCUT2D eigenvalue weighted by molar-refractivity contribution is -0.117. The predicted molar refractivity (Wildman–Crippen MR) is 76.4 cm³/mol. The van der Waals surface area contributed by atoms with Crippen LogP contribution in [0.3, 0.4) is 0 Å². The Bertz CT molecular complexity index is 480. The van der Waals surface area contributed by atoms with Crippen LogP contribution in [0, 0.1) is 5.92 Å². The Morgan fingerprint density at radius 2 is 1.95 bits per heavy atom. The first-order valence-electron chi connectivity index (χ1n) is 6.93. The van der Waals surface area contributed by atoms with E-state index in [2.05, 4.69) is 10.6 Å². The summed E-state index contributed by atoms with van der Waals surface area (Å²) in [6, 6.07) is 6.76. The molecule has 20 heavy (non-hydrogen) atoms. The second-order valence-corrected chi connectivity index (χ2v) is 5.23. The highest BCUT2D eigenvalue weighted by Gasteiger charge is 2.29. The molecule has 0 aliphatic heterocycles. The summed E-state index contributed by atoms with van der Waals surface area (Å²) in [7, 11) is 0. The van der Waals surface area contributed by atoms with Crippen molar-refractivity contribution in [1.82, 2.24) is 5.32 Å². The number of nitrogens with one attached hydrogen (secondary N) is 2. The fourth-order valence-corrected chi connectivity index (χ4v) is 1.87. The first-order chi connectivity index (χ1) is 9.60. The van der Waals surface area contributed by atoms with Gasteiger partial charge in [-0.05, 0) is 50.5 Å². The van der Waals surface area contributed by atoms with Crippen molar-refractivity contribution in [2.75, 3.05) is 11.9 Å². The van der Waals surface area contributed by atoms with E-state index in [0.29, 0.717) is 17.7 Å². The van der Waals surface area contributed by atoms with E-state index in [1.54, 1.807) is 24.3 Å². The lowest BCUT2D eigenvalue weighted by Crippen LogP contribution is -2.33. The van der Waals surface area contributed by atoms with Gasteiger partial charge in [0.1, 0.15) is 0 Å². The Morgan fingerprint density at radius 1 is 1.30 bits per heavy atom. The van der Waals surface area contributed by atoms with E-state index in [1.165, 1.54) is 0 Å². The van der Waals surface area contributed by atoms with Crippen LogP contribution in [-0.2, 0) is 4.79 Å².